The predicted octanol–water partition coefficient (Wildman–Crippen LogP) is 2.47. The van der Waals surface area contributed by atoms with E-state index in [0.29, 0.717) is 0 Å². The molecule has 2 rings (SSSR count). The first kappa shape index (κ1) is 14.2. The van der Waals surface area contributed by atoms with E-state index in [-0.39, 0.29) is 6.42 Å². The van der Waals surface area contributed by atoms with Gasteiger partial charge in [-0.2, -0.15) is 0 Å². The Kier molecular flexibility index (Phi) is 5.07. The minimum atomic E-state index is -0.778. The van der Waals surface area contributed by atoms with Crippen molar-refractivity contribution in [3.8, 4) is 0 Å². The molecule has 0 spiro atoms. The van der Waals surface area contributed by atoms with Crippen LogP contribution in [0.5, 0.6) is 0 Å². The molecule has 2 aromatic heterocycles. The van der Waals surface area contributed by atoms with Crippen LogP contribution in [0, 0.1) is 6.92 Å². The number of carbonyl (C=O) groups is 1. The monoisotopic (exact) mass is 296 g/mol. The van der Waals surface area contributed by atoms with Crippen LogP contribution >= 0.6 is 22.7 Å². The van der Waals surface area contributed by atoms with Crippen molar-refractivity contribution < 1.29 is 9.90 Å². The molecule has 0 aliphatic rings. The molecule has 0 saturated heterocycles. The van der Waals surface area contributed by atoms with Crippen LogP contribution in [0.1, 0.15) is 20.5 Å². The maximum atomic E-state index is 10.6. The Bertz CT molecular complexity index is 548. The van der Waals surface area contributed by atoms with Crippen LogP contribution in [0.3, 0.4) is 0 Å². The number of rotatable bonds is 7. The molecule has 0 saturated carbocycles. The Morgan fingerprint density at radius 1 is 1.42 bits per heavy atom. The first-order valence-electron chi connectivity index (χ1n) is 6.04. The molecule has 0 fully saturated rings. The van der Waals surface area contributed by atoms with Crippen molar-refractivity contribution >= 4 is 28.6 Å². The second kappa shape index (κ2) is 6.79. The summed E-state index contributed by atoms with van der Waals surface area (Å²) in [4.78, 5) is 17.1. The van der Waals surface area contributed by atoms with Gasteiger partial charge in [-0.15, -0.1) is 22.7 Å². The average molecular weight is 296 g/mol. The molecule has 0 amide bonds. The largest absolute Gasteiger partial charge is 0.481 e. The number of nitrogens with one attached hydrogen (secondary N) is 1. The van der Waals surface area contributed by atoms with Gasteiger partial charge in [0, 0.05) is 34.6 Å². The summed E-state index contributed by atoms with van der Waals surface area (Å²) in [5.41, 5.74) is 1.13. The van der Waals surface area contributed by atoms with E-state index in [1.165, 1.54) is 4.88 Å². The first-order chi connectivity index (χ1) is 9.13. The Morgan fingerprint density at radius 2 is 2.21 bits per heavy atom. The quantitative estimate of drug-likeness (QED) is 0.771. The zero-order valence-corrected chi connectivity index (χ0v) is 12.3. The smallest absolute Gasteiger partial charge is 0.308 e. The van der Waals surface area contributed by atoms with E-state index < -0.39 is 5.97 Å². The number of hydrogen-bond acceptors (Lipinski definition) is 5. The van der Waals surface area contributed by atoms with Crippen LogP contribution in [0.4, 0.5) is 0 Å². The van der Waals surface area contributed by atoms with Gasteiger partial charge < -0.3 is 10.4 Å². The van der Waals surface area contributed by atoms with E-state index in [9.17, 15) is 4.79 Å². The van der Waals surface area contributed by atoms with Crippen LogP contribution in [0.15, 0.2) is 17.5 Å². The highest BCUT2D eigenvalue weighted by molar-refractivity contribution is 7.12. The van der Waals surface area contributed by atoms with Crippen molar-refractivity contribution in [2.75, 3.05) is 6.54 Å². The molecular formula is C13H16N2O2S2. The van der Waals surface area contributed by atoms with Crippen LogP contribution in [0.2, 0.25) is 0 Å². The Hall–Kier alpha value is -1.24. The normalized spacial score (nSPS) is 10.8. The summed E-state index contributed by atoms with van der Waals surface area (Å²) in [6.07, 6.45) is 1.04. The number of carboxylic acids is 1. The highest BCUT2D eigenvalue weighted by Crippen LogP contribution is 2.16. The molecule has 2 aromatic rings. The fourth-order valence-corrected chi connectivity index (χ4v) is 3.34. The molecule has 0 aliphatic heterocycles. The number of aromatic nitrogens is 1. The van der Waals surface area contributed by atoms with E-state index in [1.807, 2.05) is 19.1 Å². The highest BCUT2D eigenvalue weighted by Gasteiger charge is 2.04. The molecule has 0 aliphatic carbocycles. The number of nitrogens with zero attached hydrogens (tertiary/aromatic N) is 1. The van der Waals surface area contributed by atoms with Gasteiger partial charge in [0.25, 0.3) is 0 Å². The summed E-state index contributed by atoms with van der Waals surface area (Å²) in [5, 5.41) is 15.3. The SMILES string of the molecule is Cc1nc(CCNCc2ccc(CC(=O)O)s2)cs1. The Balaban J connectivity index is 1.70. The minimum Gasteiger partial charge on any atom is -0.481 e. The van der Waals surface area contributed by atoms with E-state index in [0.717, 1.165) is 35.1 Å². The molecule has 2 heterocycles. The van der Waals surface area contributed by atoms with Crippen LogP contribution in [0.25, 0.3) is 0 Å². The number of hydrogen-bond donors (Lipinski definition) is 2. The molecule has 0 radical (unpaired) electrons. The standard InChI is InChI=1S/C13H16N2O2S2/c1-9-15-10(8-18-9)4-5-14-7-12-3-2-11(19-12)6-13(16)17/h2-3,8,14H,4-7H2,1H3,(H,16,17). The molecule has 102 valence electrons. The summed E-state index contributed by atoms with van der Waals surface area (Å²) >= 11 is 3.23. The lowest BCUT2D eigenvalue weighted by Gasteiger charge is -2.00. The minimum absolute atomic E-state index is 0.114. The van der Waals surface area contributed by atoms with Crippen molar-refractivity contribution in [2.45, 2.75) is 26.3 Å². The molecular weight excluding hydrogens is 280 g/mol. The molecule has 6 heteroatoms. The maximum Gasteiger partial charge on any atom is 0.308 e. The number of thiazole rings is 1. The second-order valence-electron chi connectivity index (χ2n) is 4.22. The average Bonchev–Trinajstić information content (AvgIpc) is 2.94. The fraction of sp³-hybridized carbons (Fsp3) is 0.385. The molecule has 19 heavy (non-hydrogen) atoms. The van der Waals surface area contributed by atoms with Crippen molar-refractivity contribution in [2.24, 2.45) is 0 Å². The topological polar surface area (TPSA) is 62.2 Å². The van der Waals surface area contributed by atoms with Crippen LogP contribution in [-0.4, -0.2) is 22.6 Å². The summed E-state index contributed by atoms with van der Waals surface area (Å²) < 4.78 is 0. The lowest BCUT2D eigenvalue weighted by atomic mass is 10.3. The second-order valence-corrected chi connectivity index (χ2v) is 6.54. The van der Waals surface area contributed by atoms with Gasteiger partial charge >= 0.3 is 5.97 Å². The van der Waals surface area contributed by atoms with E-state index in [4.69, 9.17) is 5.11 Å². The van der Waals surface area contributed by atoms with Crippen LogP contribution in [-0.2, 0) is 24.2 Å². The van der Waals surface area contributed by atoms with E-state index in [2.05, 4.69) is 15.7 Å². The third-order valence-electron chi connectivity index (χ3n) is 2.57. The van der Waals surface area contributed by atoms with Gasteiger partial charge in [-0.25, -0.2) is 4.98 Å². The Labute approximate surface area is 120 Å². The Morgan fingerprint density at radius 3 is 2.89 bits per heavy atom. The predicted molar refractivity (Wildman–Crippen MR) is 77.9 cm³/mol. The van der Waals surface area contributed by atoms with Crippen molar-refractivity contribution in [3.63, 3.8) is 0 Å². The van der Waals surface area contributed by atoms with Gasteiger partial charge in [-0.1, -0.05) is 0 Å². The van der Waals surface area contributed by atoms with E-state index in [1.54, 1.807) is 22.7 Å². The van der Waals surface area contributed by atoms with Crippen molar-refractivity contribution in [3.05, 3.63) is 38.0 Å². The van der Waals surface area contributed by atoms with Gasteiger partial charge in [-0.3, -0.25) is 4.79 Å². The summed E-state index contributed by atoms with van der Waals surface area (Å²) in [6, 6.07) is 3.88. The molecule has 0 aromatic carbocycles. The zero-order valence-electron chi connectivity index (χ0n) is 10.7. The van der Waals surface area contributed by atoms with Gasteiger partial charge in [0.15, 0.2) is 0 Å². The van der Waals surface area contributed by atoms with Gasteiger partial charge in [-0.05, 0) is 19.1 Å². The maximum absolute atomic E-state index is 10.6. The summed E-state index contributed by atoms with van der Waals surface area (Å²) in [5.74, 6) is -0.778. The number of aryl methyl sites for hydroxylation is 1. The fourth-order valence-electron chi connectivity index (χ4n) is 1.71. The van der Waals surface area contributed by atoms with E-state index >= 15 is 0 Å². The first-order valence-corrected chi connectivity index (χ1v) is 7.74. The number of thiophene rings is 1. The molecule has 0 unspecified atom stereocenters. The zero-order chi connectivity index (χ0) is 13.7. The van der Waals surface area contributed by atoms with Gasteiger partial charge in [0.05, 0.1) is 17.1 Å². The van der Waals surface area contributed by atoms with Crippen molar-refractivity contribution in [1.29, 1.82) is 0 Å². The molecule has 4 nitrogen and oxygen atoms in total. The highest BCUT2D eigenvalue weighted by atomic mass is 32.1. The number of carboxylic acid groups (broad SMARTS) is 1. The van der Waals surface area contributed by atoms with Gasteiger partial charge in [0.2, 0.25) is 0 Å². The lowest BCUT2D eigenvalue weighted by molar-refractivity contribution is -0.136. The molecule has 0 atom stereocenters. The summed E-state index contributed by atoms with van der Waals surface area (Å²) in [6.45, 7) is 3.68. The molecule has 0 bridgehead atoms. The third kappa shape index (κ3) is 4.74. The third-order valence-corrected chi connectivity index (χ3v) is 4.47. The van der Waals surface area contributed by atoms with Crippen molar-refractivity contribution in [1.82, 2.24) is 10.3 Å². The number of aliphatic carboxylic acids is 1. The lowest BCUT2D eigenvalue weighted by Crippen LogP contribution is -2.16. The molecule has 2 N–H and O–H groups in total. The van der Waals surface area contributed by atoms with Crippen LogP contribution < -0.4 is 5.32 Å². The van der Waals surface area contributed by atoms with Gasteiger partial charge in [0.1, 0.15) is 0 Å². The summed E-state index contributed by atoms with van der Waals surface area (Å²) in [7, 11) is 0.